The Balaban J connectivity index is 1.37. The van der Waals surface area contributed by atoms with Gasteiger partial charge in [-0.25, -0.2) is 24.2 Å². The van der Waals surface area contributed by atoms with Crippen LogP contribution in [0.2, 0.25) is 0 Å². The van der Waals surface area contributed by atoms with Gasteiger partial charge < -0.3 is 19.3 Å². The smallest absolute Gasteiger partial charge is 0.419 e. The van der Waals surface area contributed by atoms with Gasteiger partial charge in [-0.05, 0) is 55.5 Å². The second-order valence-electron chi connectivity index (χ2n) is 9.49. The van der Waals surface area contributed by atoms with Gasteiger partial charge in [-0.2, -0.15) is 0 Å². The first kappa shape index (κ1) is 27.4. The van der Waals surface area contributed by atoms with Gasteiger partial charge in [0.1, 0.15) is 6.61 Å². The Morgan fingerprint density at radius 1 is 0.707 bits per heavy atom. The van der Waals surface area contributed by atoms with Gasteiger partial charge in [0.15, 0.2) is 17.8 Å². The van der Waals surface area contributed by atoms with Crippen molar-refractivity contribution in [3.63, 3.8) is 0 Å². The van der Waals surface area contributed by atoms with Crippen LogP contribution in [0.25, 0.3) is 0 Å². The van der Waals surface area contributed by atoms with Crippen LogP contribution >= 0.6 is 0 Å². The first-order valence-corrected chi connectivity index (χ1v) is 13.0. The SMILES string of the molecule is C[C@@]1(O)C(=O)O[C@H](COC(=O)N(c2ccccc2)c2ccccc2)[C@H]1OC(=O)N(c1ccccc1)c1ccccc1. The van der Waals surface area contributed by atoms with Crippen LogP contribution in [0.5, 0.6) is 0 Å². The van der Waals surface area contributed by atoms with E-state index in [1.165, 1.54) is 16.7 Å². The lowest BCUT2D eigenvalue weighted by molar-refractivity contribution is -0.155. The number of nitrogens with zero attached hydrogens (tertiary/aromatic N) is 2. The molecule has 1 saturated heterocycles. The predicted octanol–water partition coefficient (Wildman–Crippen LogP) is 5.98. The Hall–Kier alpha value is -5.15. The number of para-hydroxylation sites is 4. The lowest BCUT2D eigenvalue weighted by atomic mass is 9.98. The number of esters is 1. The zero-order valence-electron chi connectivity index (χ0n) is 22.2. The molecule has 1 fully saturated rings. The molecule has 4 aromatic rings. The van der Waals surface area contributed by atoms with Gasteiger partial charge in [0.2, 0.25) is 0 Å². The molecule has 2 amide bonds. The summed E-state index contributed by atoms with van der Waals surface area (Å²) in [5.74, 6) is -0.995. The molecule has 0 bridgehead atoms. The lowest BCUT2D eigenvalue weighted by Crippen LogP contribution is -2.49. The van der Waals surface area contributed by atoms with E-state index in [9.17, 15) is 19.5 Å². The third kappa shape index (κ3) is 5.90. The van der Waals surface area contributed by atoms with Gasteiger partial charge in [0.25, 0.3) is 0 Å². The molecule has 1 N–H and O–H groups in total. The first-order chi connectivity index (χ1) is 19.9. The molecule has 1 aliphatic heterocycles. The number of benzene rings is 4. The topological polar surface area (TPSA) is 106 Å². The van der Waals surface area contributed by atoms with Crippen LogP contribution in [0.15, 0.2) is 121 Å². The summed E-state index contributed by atoms with van der Waals surface area (Å²) in [7, 11) is 0. The van der Waals surface area contributed by atoms with Crippen LogP contribution in [0.4, 0.5) is 32.3 Å². The third-order valence-electron chi connectivity index (χ3n) is 6.58. The standard InChI is InChI=1S/C32H28N2O7/c1-32(38)28(41-31(37)34(25-18-10-4-11-19-25)26-20-12-5-13-21-26)27(40-29(32)35)22-39-30(36)33(23-14-6-2-7-15-23)24-16-8-3-9-17-24/h2-21,27-28,38H,22H2,1H3/t27-,28-,32+/m1/s1. The number of rotatable bonds is 7. The van der Waals surface area contributed by atoms with Crippen molar-refractivity contribution in [2.45, 2.75) is 24.7 Å². The van der Waals surface area contributed by atoms with Gasteiger partial charge >= 0.3 is 18.2 Å². The molecule has 0 aliphatic carbocycles. The minimum Gasteiger partial charge on any atom is -0.452 e. The maximum Gasteiger partial charge on any atom is 0.419 e. The number of carbonyl (C=O) groups excluding carboxylic acids is 3. The van der Waals surface area contributed by atoms with Crippen molar-refractivity contribution in [1.82, 2.24) is 0 Å². The molecule has 0 aromatic heterocycles. The molecule has 4 aromatic carbocycles. The maximum atomic E-state index is 13.6. The molecule has 1 heterocycles. The summed E-state index contributed by atoms with van der Waals surface area (Å²) < 4.78 is 16.6. The number of aliphatic hydroxyl groups is 1. The van der Waals surface area contributed by atoms with Gasteiger partial charge in [0, 0.05) is 0 Å². The highest BCUT2D eigenvalue weighted by atomic mass is 16.6. The van der Waals surface area contributed by atoms with Crippen LogP contribution in [0.1, 0.15) is 6.92 Å². The molecule has 0 unspecified atom stereocenters. The maximum absolute atomic E-state index is 13.6. The summed E-state index contributed by atoms with van der Waals surface area (Å²) in [5.41, 5.74) is -0.0348. The van der Waals surface area contributed by atoms with Gasteiger partial charge in [-0.1, -0.05) is 72.8 Å². The summed E-state index contributed by atoms with van der Waals surface area (Å²) in [6.07, 6.45) is -4.32. The van der Waals surface area contributed by atoms with Crippen molar-refractivity contribution in [2.24, 2.45) is 0 Å². The molecular formula is C32H28N2O7. The van der Waals surface area contributed by atoms with Crippen LogP contribution in [0, 0.1) is 0 Å². The van der Waals surface area contributed by atoms with Crippen LogP contribution in [-0.2, 0) is 19.0 Å². The fourth-order valence-corrected chi connectivity index (χ4v) is 4.52. The fraction of sp³-hybridized carbons (Fsp3) is 0.156. The molecule has 41 heavy (non-hydrogen) atoms. The van der Waals surface area contributed by atoms with Crippen molar-refractivity contribution >= 4 is 40.9 Å². The van der Waals surface area contributed by atoms with E-state index in [4.69, 9.17) is 14.2 Å². The number of cyclic esters (lactones) is 1. The number of hydrogen-bond acceptors (Lipinski definition) is 7. The molecule has 0 saturated carbocycles. The molecule has 5 rings (SSSR count). The fourth-order valence-electron chi connectivity index (χ4n) is 4.52. The van der Waals surface area contributed by atoms with Crippen molar-refractivity contribution < 1.29 is 33.7 Å². The van der Waals surface area contributed by atoms with Crippen molar-refractivity contribution in [3.8, 4) is 0 Å². The van der Waals surface area contributed by atoms with E-state index in [1.54, 1.807) is 97.1 Å². The summed E-state index contributed by atoms with van der Waals surface area (Å²) in [4.78, 5) is 42.2. The summed E-state index contributed by atoms with van der Waals surface area (Å²) in [6.45, 7) is 0.732. The highest BCUT2D eigenvalue weighted by Gasteiger charge is 2.57. The van der Waals surface area contributed by atoms with E-state index in [2.05, 4.69) is 0 Å². The minimum absolute atomic E-state index is 0.467. The number of anilines is 4. The Morgan fingerprint density at radius 2 is 1.07 bits per heavy atom. The Morgan fingerprint density at radius 3 is 1.46 bits per heavy atom. The van der Waals surface area contributed by atoms with E-state index < -0.39 is 42.6 Å². The van der Waals surface area contributed by atoms with E-state index >= 15 is 0 Å². The molecule has 9 nitrogen and oxygen atoms in total. The Kier molecular flexibility index (Phi) is 7.98. The van der Waals surface area contributed by atoms with E-state index in [0.29, 0.717) is 22.7 Å². The lowest BCUT2D eigenvalue weighted by Gasteiger charge is -2.29. The normalized spacial score (nSPS) is 19.6. The van der Waals surface area contributed by atoms with Gasteiger partial charge in [0.05, 0.1) is 22.7 Å². The molecular weight excluding hydrogens is 524 g/mol. The van der Waals surface area contributed by atoms with Crippen LogP contribution in [-0.4, -0.2) is 47.7 Å². The van der Waals surface area contributed by atoms with E-state index in [-0.39, 0.29) is 0 Å². The second-order valence-corrected chi connectivity index (χ2v) is 9.49. The van der Waals surface area contributed by atoms with Crippen LogP contribution < -0.4 is 9.80 Å². The number of hydrogen-bond donors (Lipinski definition) is 1. The molecule has 0 radical (unpaired) electrons. The van der Waals surface area contributed by atoms with Crippen LogP contribution in [0.3, 0.4) is 0 Å². The zero-order chi connectivity index (χ0) is 28.8. The van der Waals surface area contributed by atoms with E-state index in [1.807, 2.05) is 24.3 Å². The molecule has 0 spiro atoms. The third-order valence-corrected chi connectivity index (χ3v) is 6.58. The average molecular weight is 553 g/mol. The highest BCUT2D eigenvalue weighted by Crippen LogP contribution is 2.33. The van der Waals surface area contributed by atoms with E-state index in [0.717, 1.165) is 0 Å². The summed E-state index contributed by atoms with van der Waals surface area (Å²) in [5, 5.41) is 11.0. The number of amides is 2. The summed E-state index contributed by atoms with van der Waals surface area (Å²) in [6, 6.07) is 35.4. The quantitative estimate of drug-likeness (QED) is 0.222. The summed E-state index contributed by atoms with van der Waals surface area (Å²) >= 11 is 0. The van der Waals surface area contributed by atoms with Crippen molar-refractivity contribution in [1.29, 1.82) is 0 Å². The van der Waals surface area contributed by atoms with Gasteiger partial charge in [-0.3, -0.25) is 0 Å². The highest BCUT2D eigenvalue weighted by molar-refractivity contribution is 5.97. The zero-order valence-corrected chi connectivity index (χ0v) is 22.2. The van der Waals surface area contributed by atoms with Crippen molar-refractivity contribution in [2.75, 3.05) is 16.4 Å². The number of ether oxygens (including phenoxy) is 3. The molecule has 3 atom stereocenters. The first-order valence-electron chi connectivity index (χ1n) is 13.0. The second kappa shape index (κ2) is 11.9. The minimum atomic E-state index is -2.18. The predicted molar refractivity (Wildman–Crippen MR) is 152 cm³/mol. The molecule has 208 valence electrons. The van der Waals surface area contributed by atoms with Crippen molar-refractivity contribution in [3.05, 3.63) is 121 Å². The Labute approximate surface area is 237 Å². The molecule has 1 aliphatic rings. The monoisotopic (exact) mass is 552 g/mol. The number of carbonyl (C=O) groups is 3. The molecule has 9 heteroatoms. The van der Waals surface area contributed by atoms with Gasteiger partial charge in [-0.15, -0.1) is 0 Å². The average Bonchev–Trinajstić information content (AvgIpc) is 3.21. The Bertz CT molecular complexity index is 1400. The largest absolute Gasteiger partial charge is 0.452 e.